The number of hydrogen-bond donors (Lipinski definition) is 1. The van der Waals surface area contributed by atoms with Crippen LogP contribution in [0, 0.1) is 5.41 Å². The number of methoxy groups -OCH3 is 1. The molecule has 2 saturated carbocycles. The first-order valence-corrected chi connectivity index (χ1v) is 4.02. The van der Waals surface area contributed by atoms with Crippen molar-refractivity contribution in [3.8, 4) is 0 Å². The minimum atomic E-state index is 0. The molecule has 2 rings (SSSR count). The van der Waals surface area contributed by atoms with E-state index in [9.17, 15) is 0 Å². The molecule has 11 heavy (non-hydrogen) atoms. The largest absolute Gasteiger partial charge is 0.381 e. The standard InChI is InChI=1S/C8H15NO.ClH/c1-10-7-4-8(5-7)2-6(9)3-8;/h6-7H,2-5,9H2,1H3;1H. The summed E-state index contributed by atoms with van der Waals surface area (Å²) in [5.74, 6) is 0. The summed E-state index contributed by atoms with van der Waals surface area (Å²) in [5, 5.41) is 0. The van der Waals surface area contributed by atoms with Crippen LogP contribution in [-0.4, -0.2) is 19.3 Å². The van der Waals surface area contributed by atoms with Crippen LogP contribution in [0.15, 0.2) is 0 Å². The van der Waals surface area contributed by atoms with E-state index in [2.05, 4.69) is 0 Å². The molecular formula is C8H16ClNO. The fourth-order valence-electron chi connectivity index (χ4n) is 2.46. The van der Waals surface area contributed by atoms with E-state index in [1.165, 1.54) is 25.7 Å². The lowest BCUT2D eigenvalue weighted by atomic mass is 9.53. The summed E-state index contributed by atoms with van der Waals surface area (Å²) < 4.78 is 5.21. The Kier molecular flexibility index (Phi) is 2.47. The number of hydrogen-bond acceptors (Lipinski definition) is 2. The molecule has 2 N–H and O–H groups in total. The van der Waals surface area contributed by atoms with Crippen LogP contribution in [0.2, 0.25) is 0 Å². The highest BCUT2D eigenvalue weighted by atomic mass is 35.5. The van der Waals surface area contributed by atoms with Crippen LogP contribution in [-0.2, 0) is 4.74 Å². The van der Waals surface area contributed by atoms with Crippen molar-refractivity contribution in [3.05, 3.63) is 0 Å². The van der Waals surface area contributed by atoms with Gasteiger partial charge in [0, 0.05) is 13.2 Å². The molecule has 1 spiro atoms. The summed E-state index contributed by atoms with van der Waals surface area (Å²) in [4.78, 5) is 0. The van der Waals surface area contributed by atoms with Gasteiger partial charge in [0.25, 0.3) is 0 Å². The topological polar surface area (TPSA) is 35.2 Å². The first-order chi connectivity index (χ1) is 4.74. The van der Waals surface area contributed by atoms with Gasteiger partial charge < -0.3 is 10.5 Å². The van der Waals surface area contributed by atoms with E-state index >= 15 is 0 Å². The van der Waals surface area contributed by atoms with Gasteiger partial charge in [-0.15, -0.1) is 12.4 Å². The summed E-state index contributed by atoms with van der Waals surface area (Å²) in [6.45, 7) is 0. The molecular weight excluding hydrogens is 162 g/mol. The van der Waals surface area contributed by atoms with Gasteiger partial charge in [-0.05, 0) is 31.1 Å². The van der Waals surface area contributed by atoms with Gasteiger partial charge in [0.1, 0.15) is 0 Å². The van der Waals surface area contributed by atoms with E-state index in [4.69, 9.17) is 10.5 Å². The van der Waals surface area contributed by atoms with E-state index in [1.807, 2.05) is 0 Å². The molecule has 2 fully saturated rings. The zero-order valence-corrected chi connectivity index (χ0v) is 7.69. The smallest absolute Gasteiger partial charge is 0.0582 e. The third-order valence-electron chi connectivity index (χ3n) is 3.05. The van der Waals surface area contributed by atoms with Gasteiger partial charge >= 0.3 is 0 Å². The molecule has 0 bridgehead atoms. The molecule has 2 aliphatic rings. The van der Waals surface area contributed by atoms with E-state index in [1.54, 1.807) is 7.11 Å². The van der Waals surface area contributed by atoms with Crippen LogP contribution in [0.3, 0.4) is 0 Å². The second kappa shape index (κ2) is 2.92. The van der Waals surface area contributed by atoms with Crippen molar-refractivity contribution in [1.29, 1.82) is 0 Å². The molecule has 0 aromatic heterocycles. The summed E-state index contributed by atoms with van der Waals surface area (Å²) in [5.41, 5.74) is 6.35. The van der Waals surface area contributed by atoms with Crippen molar-refractivity contribution in [3.63, 3.8) is 0 Å². The molecule has 2 aliphatic carbocycles. The molecule has 0 aromatic carbocycles. The highest BCUT2D eigenvalue weighted by molar-refractivity contribution is 5.85. The summed E-state index contributed by atoms with van der Waals surface area (Å²) in [6.07, 6.45) is 5.56. The minimum absolute atomic E-state index is 0. The van der Waals surface area contributed by atoms with Gasteiger partial charge in [0.2, 0.25) is 0 Å². The van der Waals surface area contributed by atoms with Gasteiger partial charge in [0.05, 0.1) is 6.10 Å². The van der Waals surface area contributed by atoms with Crippen molar-refractivity contribution in [2.45, 2.75) is 37.8 Å². The van der Waals surface area contributed by atoms with Crippen LogP contribution in [0.1, 0.15) is 25.7 Å². The van der Waals surface area contributed by atoms with Crippen molar-refractivity contribution >= 4 is 12.4 Å². The quantitative estimate of drug-likeness (QED) is 0.656. The molecule has 0 aromatic rings. The summed E-state index contributed by atoms with van der Waals surface area (Å²) >= 11 is 0. The number of halogens is 1. The summed E-state index contributed by atoms with van der Waals surface area (Å²) in [6, 6.07) is 0.498. The Morgan fingerprint density at radius 2 is 1.82 bits per heavy atom. The van der Waals surface area contributed by atoms with E-state index in [0.29, 0.717) is 17.6 Å². The van der Waals surface area contributed by atoms with E-state index in [-0.39, 0.29) is 12.4 Å². The molecule has 0 unspecified atom stereocenters. The van der Waals surface area contributed by atoms with E-state index < -0.39 is 0 Å². The zero-order valence-electron chi connectivity index (χ0n) is 6.88. The lowest BCUT2D eigenvalue weighted by Crippen LogP contribution is -2.55. The lowest BCUT2D eigenvalue weighted by molar-refractivity contribution is -0.108. The molecule has 2 nitrogen and oxygen atoms in total. The van der Waals surface area contributed by atoms with Crippen LogP contribution in [0.25, 0.3) is 0 Å². The molecule has 0 saturated heterocycles. The van der Waals surface area contributed by atoms with Gasteiger partial charge in [-0.3, -0.25) is 0 Å². The molecule has 0 heterocycles. The normalized spacial score (nSPS) is 47.5. The predicted molar refractivity (Wildman–Crippen MR) is 46.9 cm³/mol. The second-order valence-electron chi connectivity index (χ2n) is 3.93. The lowest BCUT2D eigenvalue weighted by Gasteiger charge is -2.56. The Morgan fingerprint density at radius 1 is 1.27 bits per heavy atom. The fraction of sp³-hybridized carbons (Fsp3) is 1.00. The average molecular weight is 178 g/mol. The van der Waals surface area contributed by atoms with Gasteiger partial charge in [0.15, 0.2) is 0 Å². The highest BCUT2D eigenvalue weighted by Gasteiger charge is 2.51. The third-order valence-corrected chi connectivity index (χ3v) is 3.05. The fourth-order valence-corrected chi connectivity index (χ4v) is 2.46. The Balaban J connectivity index is 0.000000605. The summed E-state index contributed by atoms with van der Waals surface area (Å²) in [7, 11) is 1.80. The molecule has 3 heteroatoms. The van der Waals surface area contributed by atoms with Crippen LogP contribution in [0.4, 0.5) is 0 Å². The van der Waals surface area contributed by atoms with Crippen molar-refractivity contribution in [2.24, 2.45) is 11.1 Å². The Morgan fingerprint density at radius 3 is 2.18 bits per heavy atom. The van der Waals surface area contributed by atoms with Gasteiger partial charge in [-0.2, -0.15) is 0 Å². The van der Waals surface area contributed by atoms with Crippen LogP contribution >= 0.6 is 12.4 Å². The monoisotopic (exact) mass is 177 g/mol. The van der Waals surface area contributed by atoms with Gasteiger partial charge in [-0.25, -0.2) is 0 Å². The maximum absolute atomic E-state index is 5.71. The maximum atomic E-state index is 5.71. The number of nitrogens with two attached hydrogens (primary N) is 1. The van der Waals surface area contributed by atoms with E-state index in [0.717, 1.165) is 0 Å². The number of ether oxygens (including phenoxy) is 1. The van der Waals surface area contributed by atoms with Crippen LogP contribution in [0.5, 0.6) is 0 Å². The Hall–Kier alpha value is 0.210. The molecule has 66 valence electrons. The molecule has 0 amide bonds. The SMILES string of the molecule is COC1CC2(CC(N)C2)C1.Cl. The first kappa shape index (κ1) is 9.30. The molecule has 0 radical (unpaired) electrons. The van der Waals surface area contributed by atoms with Crippen molar-refractivity contribution in [1.82, 2.24) is 0 Å². The van der Waals surface area contributed by atoms with Crippen LogP contribution < -0.4 is 5.73 Å². The average Bonchev–Trinajstić information content (AvgIpc) is 1.74. The Bertz CT molecular complexity index is 137. The molecule has 0 aliphatic heterocycles. The highest BCUT2D eigenvalue weighted by Crippen LogP contribution is 2.55. The third kappa shape index (κ3) is 1.40. The maximum Gasteiger partial charge on any atom is 0.0582 e. The number of rotatable bonds is 1. The zero-order chi connectivity index (χ0) is 7.19. The second-order valence-corrected chi connectivity index (χ2v) is 3.93. The Labute approximate surface area is 73.9 Å². The van der Waals surface area contributed by atoms with Crippen molar-refractivity contribution < 1.29 is 4.74 Å². The van der Waals surface area contributed by atoms with Crippen molar-refractivity contribution in [2.75, 3.05) is 7.11 Å². The van der Waals surface area contributed by atoms with Gasteiger partial charge in [-0.1, -0.05) is 0 Å². The first-order valence-electron chi connectivity index (χ1n) is 4.02. The molecule has 0 atom stereocenters. The predicted octanol–water partition coefficient (Wildman–Crippen LogP) is 1.32. The minimum Gasteiger partial charge on any atom is -0.381 e.